The maximum absolute atomic E-state index is 14.2. The minimum absolute atomic E-state index is 0.0863. The van der Waals surface area contributed by atoms with Crippen LogP contribution in [-0.2, 0) is 24.8 Å². The molecule has 0 atom stereocenters. The van der Waals surface area contributed by atoms with Crippen LogP contribution in [0, 0.1) is 5.82 Å². The molecule has 1 aromatic carbocycles. The predicted molar refractivity (Wildman–Crippen MR) is 96.0 cm³/mol. The molecule has 27 heavy (non-hydrogen) atoms. The lowest BCUT2D eigenvalue weighted by Crippen LogP contribution is -2.40. The normalized spacial score (nSPS) is 16.2. The second-order valence-electron chi connectivity index (χ2n) is 5.56. The number of hydrogen-bond acceptors (Lipinski definition) is 6. The number of nitrogens with zero attached hydrogens (tertiary/aromatic N) is 2. The number of sulfonamides is 2. The lowest BCUT2D eigenvalue weighted by Gasteiger charge is -2.26. The first kappa shape index (κ1) is 20.0. The van der Waals surface area contributed by atoms with E-state index in [1.165, 1.54) is 18.3 Å². The molecular formula is C15H15ClFN3O5S2. The van der Waals surface area contributed by atoms with E-state index < -0.39 is 30.8 Å². The van der Waals surface area contributed by atoms with Gasteiger partial charge in [0.1, 0.15) is 20.8 Å². The number of hydrogen-bond donors (Lipinski definition) is 1. The van der Waals surface area contributed by atoms with E-state index in [-0.39, 0.29) is 42.0 Å². The highest BCUT2D eigenvalue weighted by Crippen LogP contribution is 2.26. The number of nitrogens with one attached hydrogen (secondary N) is 1. The first-order valence-corrected chi connectivity index (χ1v) is 11.0. The molecule has 2 heterocycles. The topological polar surface area (TPSA) is 106 Å². The molecular weight excluding hydrogens is 421 g/mol. The monoisotopic (exact) mass is 435 g/mol. The number of morpholine rings is 1. The minimum Gasteiger partial charge on any atom is -0.379 e. The quantitative estimate of drug-likeness (QED) is 0.716. The largest absolute Gasteiger partial charge is 0.379 e. The summed E-state index contributed by atoms with van der Waals surface area (Å²) in [5, 5.41) is -0.242. The molecule has 1 aliphatic heterocycles. The molecule has 1 fully saturated rings. The van der Waals surface area contributed by atoms with E-state index >= 15 is 0 Å². The molecule has 1 N–H and O–H groups in total. The van der Waals surface area contributed by atoms with Gasteiger partial charge in [0.25, 0.3) is 10.0 Å². The maximum Gasteiger partial charge on any atom is 0.264 e. The van der Waals surface area contributed by atoms with E-state index in [0.29, 0.717) is 0 Å². The highest BCUT2D eigenvalue weighted by Gasteiger charge is 2.30. The first-order valence-electron chi connectivity index (χ1n) is 7.72. The van der Waals surface area contributed by atoms with Gasteiger partial charge < -0.3 is 4.74 Å². The summed E-state index contributed by atoms with van der Waals surface area (Å²) in [6.45, 7) is 0.575. The van der Waals surface area contributed by atoms with Crippen molar-refractivity contribution in [3.8, 4) is 0 Å². The smallest absolute Gasteiger partial charge is 0.264 e. The zero-order chi connectivity index (χ0) is 19.7. The molecule has 146 valence electrons. The van der Waals surface area contributed by atoms with Crippen molar-refractivity contribution in [1.82, 2.24) is 9.29 Å². The number of ether oxygens (including phenoxy) is 1. The van der Waals surface area contributed by atoms with Gasteiger partial charge in [0.2, 0.25) is 10.0 Å². The SMILES string of the molecule is O=S(=O)(Nc1ccc(F)c(S(=O)(=O)N2CCOCC2)c1)c1cccnc1Cl. The molecule has 8 nitrogen and oxygen atoms in total. The summed E-state index contributed by atoms with van der Waals surface area (Å²) in [5.74, 6) is -0.983. The fraction of sp³-hybridized carbons (Fsp3) is 0.267. The molecule has 2 aromatic rings. The number of pyridine rings is 1. The maximum atomic E-state index is 14.2. The Bertz CT molecular complexity index is 1060. The van der Waals surface area contributed by atoms with Crippen LogP contribution in [0.1, 0.15) is 0 Å². The van der Waals surface area contributed by atoms with Gasteiger partial charge in [-0.25, -0.2) is 26.2 Å². The Kier molecular flexibility index (Phi) is 5.68. The average molecular weight is 436 g/mol. The zero-order valence-electron chi connectivity index (χ0n) is 13.8. The van der Waals surface area contributed by atoms with E-state index in [2.05, 4.69) is 9.71 Å². The summed E-state index contributed by atoms with van der Waals surface area (Å²) in [4.78, 5) is 2.78. The summed E-state index contributed by atoms with van der Waals surface area (Å²) in [7, 11) is -8.28. The molecule has 0 bridgehead atoms. The van der Waals surface area contributed by atoms with Crippen LogP contribution >= 0.6 is 11.6 Å². The summed E-state index contributed by atoms with van der Waals surface area (Å²) in [5.41, 5.74) is -0.122. The predicted octanol–water partition coefficient (Wildman–Crippen LogP) is 1.70. The van der Waals surface area contributed by atoms with Crippen molar-refractivity contribution in [1.29, 1.82) is 0 Å². The number of rotatable bonds is 5. The van der Waals surface area contributed by atoms with Gasteiger partial charge >= 0.3 is 0 Å². The third-order valence-electron chi connectivity index (χ3n) is 3.79. The number of aromatic nitrogens is 1. The average Bonchev–Trinajstić information content (AvgIpc) is 2.64. The second-order valence-corrected chi connectivity index (χ2v) is 9.47. The summed E-state index contributed by atoms with van der Waals surface area (Å²) >= 11 is 5.80. The molecule has 0 radical (unpaired) electrons. The van der Waals surface area contributed by atoms with Crippen molar-refractivity contribution in [2.75, 3.05) is 31.0 Å². The van der Waals surface area contributed by atoms with Crippen molar-refractivity contribution in [2.45, 2.75) is 9.79 Å². The molecule has 12 heteroatoms. The van der Waals surface area contributed by atoms with Crippen LogP contribution in [0.2, 0.25) is 5.15 Å². The van der Waals surface area contributed by atoms with Crippen LogP contribution < -0.4 is 4.72 Å². The number of anilines is 1. The zero-order valence-corrected chi connectivity index (χ0v) is 16.2. The summed E-state index contributed by atoms with van der Waals surface area (Å²) in [6.07, 6.45) is 1.33. The number of benzene rings is 1. The third-order valence-corrected chi connectivity index (χ3v) is 7.53. The molecule has 0 spiro atoms. The van der Waals surface area contributed by atoms with E-state index in [1.807, 2.05) is 0 Å². The Balaban J connectivity index is 1.95. The molecule has 0 amide bonds. The van der Waals surface area contributed by atoms with Gasteiger partial charge in [0, 0.05) is 19.3 Å². The fourth-order valence-electron chi connectivity index (χ4n) is 2.47. The van der Waals surface area contributed by atoms with Crippen LogP contribution in [-0.4, -0.2) is 52.4 Å². The van der Waals surface area contributed by atoms with Crippen LogP contribution in [0.4, 0.5) is 10.1 Å². The van der Waals surface area contributed by atoms with Gasteiger partial charge in [-0.15, -0.1) is 0 Å². The molecule has 1 saturated heterocycles. The van der Waals surface area contributed by atoms with Crippen molar-refractivity contribution in [3.05, 3.63) is 47.5 Å². The summed E-state index contributed by atoms with van der Waals surface area (Å²) in [6, 6.07) is 5.57. The Labute approximate surface area is 161 Å². The Morgan fingerprint density at radius 2 is 1.81 bits per heavy atom. The summed E-state index contributed by atoms with van der Waals surface area (Å²) < 4.78 is 72.8. The van der Waals surface area contributed by atoms with Gasteiger partial charge in [0.15, 0.2) is 0 Å². The van der Waals surface area contributed by atoms with Crippen LogP contribution in [0.5, 0.6) is 0 Å². The van der Waals surface area contributed by atoms with Gasteiger partial charge in [-0.1, -0.05) is 11.6 Å². The minimum atomic E-state index is -4.14. The van der Waals surface area contributed by atoms with Crippen molar-refractivity contribution < 1.29 is 26.0 Å². The molecule has 3 rings (SSSR count). The highest BCUT2D eigenvalue weighted by atomic mass is 35.5. The lowest BCUT2D eigenvalue weighted by molar-refractivity contribution is 0.0729. The molecule has 1 aliphatic rings. The number of halogens is 2. The Morgan fingerprint density at radius 3 is 2.48 bits per heavy atom. The molecule has 0 aliphatic carbocycles. The van der Waals surface area contributed by atoms with E-state index in [4.69, 9.17) is 16.3 Å². The third kappa shape index (κ3) is 4.22. The second kappa shape index (κ2) is 7.68. The van der Waals surface area contributed by atoms with E-state index in [1.54, 1.807) is 0 Å². The van der Waals surface area contributed by atoms with Crippen LogP contribution in [0.3, 0.4) is 0 Å². The van der Waals surface area contributed by atoms with Gasteiger partial charge in [-0.2, -0.15) is 4.31 Å². The Hall–Kier alpha value is -1.79. The van der Waals surface area contributed by atoms with E-state index in [0.717, 1.165) is 22.5 Å². The van der Waals surface area contributed by atoms with Crippen molar-refractivity contribution >= 4 is 37.3 Å². The first-order chi connectivity index (χ1) is 12.7. The molecule has 0 saturated carbocycles. The van der Waals surface area contributed by atoms with Crippen LogP contribution in [0.25, 0.3) is 0 Å². The molecule has 0 unspecified atom stereocenters. The standard InChI is InChI=1S/C15H15ClFN3O5S2/c16-15-13(2-1-5-18-15)26(21,22)19-11-3-4-12(17)14(10-11)27(23,24)20-6-8-25-9-7-20/h1-5,10,19H,6-9H2. The van der Waals surface area contributed by atoms with Crippen LogP contribution in [0.15, 0.2) is 46.3 Å². The van der Waals surface area contributed by atoms with Gasteiger partial charge in [-0.05, 0) is 30.3 Å². The van der Waals surface area contributed by atoms with Crippen molar-refractivity contribution in [3.63, 3.8) is 0 Å². The van der Waals surface area contributed by atoms with E-state index in [9.17, 15) is 21.2 Å². The van der Waals surface area contributed by atoms with Gasteiger partial charge in [-0.3, -0.25) is 4.72 Å². The highest BCUT2D eigenvalue weighted by molar-refractivity contribution is 7.92. The lowest BCUT2D eigenvalue weighted by atomic mass is 10.3. The Morgan fingerprint density at radius 1 is 1.11 bits per heavy atom. The van der Waals surface area contributed by atoms with Crippen molar-refractivity contribution in [2.24, 2.45) is 0 Å². The fourth-order valence-corrected chi connectivity index (χ4v) is 5.47. The van der Waals surface area contributed by atoms with Gasteiger partial charge in [0.05, 0.1) is 18.9 Å². The molecule has 1 aromatic heterocycles.